The molecule has 0 radical (unpaired) electrons. The van der Waals surface area contributed by atoms with Crippen LogP contribution in [0.2, 0.25) is 10.0 Å². The maximum Gasteiger partial charge on any atom is 0.264 e. The van der Waals surface area contributed by atoms with Gasteiger partial charge in [0.25, 0.3) is 10.0 Å². The number of carbonyl (C=O) groups is 2. The maximum absolute atomic E-state index is 14.3. The van der Waals surface area contributed by atoms with Gasteiger partial charge in [-0.2, -0.15) is 0 Å². The lowest BCUT2D eigenvalue weighted by atomic mass is 10.1. The monoisotopic (exact) mass is 633 g/mol. The molecule has 0 fully saturated rings. The minimum atomic E-state index is -4.29. The third-order valence-corrected chi connectivity index (χ3v) is 8.86. The van der Waals surface area contributed by atoms with Gasteiger partial charge in [0.1, 0.15) is 18.3 Å². The zero-order valence-corrected chi connectivity index (χ0v) is 27.0. The van der Waals surface area contributed by atoms with Crippen molar-refractivity contribution in [1.29, 1.82) is 0 Å². The molecule has 3 aromatic rings. The van der Waals surface area contributed by atoms with Gasteiger partial charge in [0.2, 0.25) is 11.8 Å². The molecule has 0 aliphatic carbocycles. The van der Waals surface area contributed by atoms with Crippen molar-refractivity contribution in [1.82, 2.24) is 10.2 Å². The molecule has 0 bridgehead atoms. The number of rotatable bonds is 11. The van der Waals surface area contributed by atoms with Crippen LogP contribution in [0.5, 0.6) is 5.75 Å². The Morgan fingerprint density at radius 1 is 1.00 bits per heavy atom. The summed E-state index contributed by atoms with van der Waals surface area (Å²) in [4.78, 5) is 29.1. The van der Waals surface area contributed by atoms with Gasteiger partial charge >= 0.3 is 0 Å². The Hall–Kier alpha value is -3.27. The van der Waals surface area contributed by atoms with E-state index in [1.165, 1.54) is 36.3 Å². The van der Waals surface area contributed by atoms with E-state index >= 15 is 0 Å². The number of halogens is 2. The van der Waals surface area contributed by atoms with Crippen LogP contribution in [0.15, 0.2) is 71.6 Å². The van der Waals surface area contributed by atoms with Crippen molar-refractivity contribution < 1.29 is 22.7 Å². The Morgan fingerprint density at radius 2 is 1.64 bits per heavy atom. The van der Waals surface area contributed by atoms with Crippen LogP contribution in [0.25, 0.3) is 0 Å². The number of methoxy groups -OCH3 is 1. The Morgan fingerprint density at radius 3 is 2.21 bits per heavy atom. The molecule has 3 rings (SSSR count). The first kappa shape index (κ1) is 33.2. The fraction of sp³-hybridized carbons (Fsp3) is 0.355. The summed E-state index contributed by atoms with van der Waals surface area (Å²) in [7, 11) is -2.89. The quantitative estimate of drug-likeness (QED) is 0.270. The second-order valence-electron chi connectivity index (χ2n) is 10.9. The van der Waals surface area contributed by atoms with Crippen LogP contribution >= 0.6 is 23.2 Å². The highest BCUT2D eigenvalue weighted by atomic mass is 35.5. The molecule has 1 N–H and O–H groups in total. The maximum atomic E-state index is 14.3. The first-order valence-electron chi connectivity index (χ1n) is 13.5. The Labute approximate surface area is 258 Å². The first-order valence-corrected chi connectivity index (χ1v) is 15.7. The van der Waals surface area contributed by atoms with Gasteiger partial charge in [-0.25, -0.2) is 8.42 Å². The average molecular weight is 635 g/mol. The highest BCUT2D eigenvalue weighted by Crippen LogP contribution is 2.35. The molecule has 0 heterocycles. The van der Waals surface area contributed by atoms with E-state index in [2.05, 4.69) is 5.32 Å². The molecule has 0 spiro atoms. The van der Waals surface area contributed by atoms with Crippen LogP contribution in [0, 0.1) is 6.92 Å². The number of carbonyl (C=O) groups excluding carboxylic acids is 2. The van der Waals surface area contributed by atoms with Crippen molar-refractivity contribution in [3.63, 3.8) is 0 Å². The molecule has 11 heteroatoms. The summed E-state index contributed by atoms with van der Waals surface area (Å²) in [6.45, 7) is 8.53. The molecule has 1 atom stereocenters. The van der Waals surface area contributed by atoms with Crippen molar-refractivity contribution in [2.45, 2.75) is 64.1 Å². The van der Waals surface area contributed by atoms with E-state index < -0.39 is 34.1 Å². The molecular weight excluding hydrogens is 597 g/mol. The van der Waals surface area contributed by atoms with Crippen LogP contribution in [-0.4, -0.2) is 50.4 Å². The minimum absolute atomic E-state index is 0.0142. The standard InChI is InChI=1S/C31H37Cl2N3O5S/c1-7-26(30(38)34-31(3,4)5)35(19-22-10-8-9-11-25(22)33)29(37)20-36(27-18-23(32)14-17-28(27)41-6)42(39,40)24-15-12-21(2)13-16-24/h8-18,26H,7,19-20H2,1-6H3,(H,34,38)/t26-/m0/s1. The average Bonchev–Trinajstić information content (AvgIpc) is 2.91. The zero-order valence-electron chi connectivity index (χ0n) is 24.6. The molecule has 0 saturated heterocycles. The Kier molecular flexibility index (Phi) is 10.9. The summed E-state index contributed by atoms with van der Waals surface area (Å²) < 4.78 is 34.7. The fourth-order valence-electron chi connectivity index (χ4n) is 4.39. The van der Waals surface area contributed by atoms with Gasteiger partial charge in [0.05, 0.1) is 17.7 Å². The van der Waals surface area contributed by atoms with Crippen molar-refractivity contribution in [2.24, 2.45) is 0 Å². The third kappa shape index (κ3) is 8.18. The number of nitrogens with one attached hydrogen (secondary N) is 1. The van der Waals surface area contributed by atoms with Crippen molar-refractivity contribution in [2.75, 3.05) is 18.0 Å². The predicted molar refractivity (Wildman–Crippen MR) is 168 cm³/mol. The van der Waals surface area contributed by atoms with Crippen molar-refractivity contribution in [3.05, 3.63) is 87.9 Å². The topological polar surface area (TPSA) is 96.0 Å². The van der Waals surface area contributed by atoms with E-state index in [0.29, 0.717) is 10.6 Å². The predicted octanol–water partition coefficient (Wildman–Crippen LogP) is 6.23. The lowest BCUT2D eigenvalue weighted by Crippen LogP contribution is -2.55. The first-order chi connectivity index (χ1) is 19.7. The summed E-state index contributed by atoms with van der Waals surface area (Å²) >= 11 is 12.7. The number of hydrogen-bond donors (Lipinski definition) is 1. The minimum Gasteiger partial charge on any atom is -0.495 e. The van der Waals surface area contributed by atoms with E-state index in [1.54, 1.807) is 49.4 Å². The number of aryl methyl sites for hydroxylation is 1. The molecule has 0 aliphatic rings. The molecule has 2 amide bonds. The number of anilines is 1. The van der Waals surface area contributed by atoms with Gasteiger partial charge in [-0.15, -0.1) is 0 Å². The SMILES string of the molecule is CC[C@@H](C(=O)NC(C)(C)C)N(Cc1ccccc1Cl)C(=O)CN(c1cc(Cl)ccc1OC)S(=O)(=O)c1ccc(C)cc1. The van der Waals surface area contributed by atoms with Crippen LogP contribution in [0.1, 0.15) is 45.2 Å². The van der Waals surface area contributed by atoms with Crippen LogP contribution in [0.3, 0.4) is 0 Å². The van der Waals surface area contributed by atoms with Gasteiger partial charge < -0.3 is 15.0 Å². The van der Waals surface area contributed by atoms with Gasteiger partial charge in [-0.3, -0.25) is 13.9 Å². The summed E-state index contributed by atoms with van der Waals surface area (Å²) in [6.07, 6.45) is 0.281. The van der Waals surface area contributed by atoms with E-state index in [4.69, 9.17) is 27.9 Å². The highest BCUT2D eigenvalue weighted by molar-refractivity contribution is 7.92. The highest BCUT2D eigenvalue weighted by Gasteiger charge is 2.35. The van der Waals surface area contributed by atoms with E-state index in [9.17, 15) is 18.0 Å². The summed E-state index contributed by atoms with van der Waals surface area (Å²) in [5.41, 5.74) is 1.02. The fourth-order valence-corrected chi connectivity index (χ4v) is 6.17. The number of ether oxygens (including phenoxy) is 1. The molecule has 0 unspecified atom stereocenters. The van der Waals surface area contributed by atoms with Gasteiger partial charge in [-0.1, -0.05) is 66.0 Å². The van der Waals surface area contributed by atoms with Crippen LogP contribution in [0.4, 0.5) is 5.69 Å². The lowest BCUT2D eigenvalue weighted by molar-refractivity contribution is -0.141. The number of nitrogens with zero attached hydrogens (tertiary/aromatic N) is 2. The molecule has 0 saturated carbocycles. The number of sulfonamides is 1. The van der Waals surface area contributed by atoms with Crippen molar-refractivity contribution in [3.8, 4) is 5.75 Å². The number of hydrogen-bond acceptors (Lipinski definition) is 5. The van der Waals surface area contributed by atoms with E-state index in [0.717, 1.165) is 9.87 Å². The molecule has 226 valence electrons. The van der Waals surface area contributed by atoms with E-state index in [1.807, 2.05) is 27.7 Å². The Bertz CT molecular complexity index is 1520. The van der Waals surface area contributed by atoms with Crippen LogP contribution in [-0.2, 0) is 26.2 Å². The summed E-state index contributed by atoms with van der Waals surface area (Å²) in [5.74, 6) is -0.764. The number of amides is 2. The van der Waals surface area contributed by atoms with Crippen molar-refractivity contribution >= 4 is 50.7 Å². The zero-order chi connectivity index (χ0) is 31.2. The smallest absolute Gasteiger partial charge is 0.264 e. The molecule has 0 aliphatic heterocycles. The van der Waals surface area contributed by atoms with Gasteiger partial charge in [-0.05, 0) is 76.1 Å². The lowest BCUT2D eigenvalue weighted by Gasteiger charge is -2.35. The largest absolute Gasteiger partial charge is 0.495 e. The number of benzene rings is 3. The van der Waals surface area contributed by atoms with Gasteiger partial charge in [0.15, 0.2) is 0 Å². The normalized spacial score (nSPS) is 12.4. The molecular formula is C31H37Cl2N3O5S. The van der Waals surface area contributed by atoms with E-state index in [-0.39, 0.29) is 40.2 Å². The van der Waals surface area contributed by atoms with Crippen LogP contribution < -0.4 is 14.4 Å². The molecule has 8 nitrogen and oxygen atoms in total. The summed E-state index contributed by atoms with van der Waals surface area (Å²) in [6, 6.07) is 16.9. The third-order valence-electron chi connectivity index (χ3n) is 6.48. The molecule has 3 aromatic carbocycles. The molecule has 42 heavy (non-hydrogen) atoms. The Balaban J connectivity index is 2.15. The second kappa shape index (κ2) is 13.8. The second-order valence-corrected chi connectivity index (χ2v) is 13.6. The van der Waals surface area contributed by atoms with Gasteiger partial charge in [0, 0.05) is 22.1 Å². The summed E-state index contributed by atoms with van der Waals surface area (Å²) in [5, 5.41) is 3.62. The molecule has 0 aromatic heterocycles.